The third-order valence-corrected chi connectivity index (χ3v) is 3.93. The maximum atomic E-state index is 6.31. The average molecular weight is 287 g/mol. The molecule has 0 bridgehead atoms. The van der Waals surface area contributed by atoms with Crippen molar-refractivity contribution in [3.05, 3.63) is 21.7 Å². The molecule has 18 heavy (non-hydrogen) atoms. The first kappa shape index (κ1) is 14.1. The molecule has 0 atom stereocenters. The summed E-state index contributed by atoms with van der Waals surface area (Å²) in [5.74, 6) is 1.20. The second-order valence-electron chi connectivity index (χ2n) is 6.35. The van der Waals surface area contributed by atoms with Gasteiger partial charge >= 0.3 is 0 Å². The Labute approximate surface area is 119 Å². The highest BCUT2D eigenvalue weighted by Gasteiger charge is 2.25. The van der Waals surface area contributed by atoms with E-state index in [9.17, 15) is 0 Å². The highest BCUT2D eigenvalue weighted by atomic mass is 35.5. The molecule has 2 rings (SSSR count). The monoisotopic (exact) mass is 286 g/mol. The van der Waals surface area contributed by atoms with Crippen molar-refractivity contribution in [3.8, 4) is 0 Å². The molecule has 0 amide bonds. The van der Waals surface area contributed by atoms with Crippen molar-refractivity contribution in [3.63, 3.8) is 0 Å². The third-order valence-electron chi connectivity index (χ3n) is 3.35. The SMILES string of the molecule is CC(C)(C)Cc1nc(Cl)c(C2CCCC2)c(Cl)n1. The molecule has 1 heterocycles. The van der Waals surface area contributed by atoms with Gasteiger partial charge in [-0.3, -0.25) is 0 Å². The van der Waals surface area contributed by atoms with Crippen molar-refractivity contribution < 1.29 is 0 Å². The topological polar surface area (TPSA) is 25.8 Å². The molecule has 1 aliphatic carbocycles. The Morgan fingerprint density at radius 2 is 1.56 bits per heavy atom. The molecule has 2 nitrogen and oxygen atoms in total. The van der Waals surface area contributed by atoms with Crippen LogP contribution in [0.2, 0.25) is 10.3 Å². The van der Waals surface area contributed by atoms with Gasteiger partial charge in [0.15, 0.2) is 0 Å². The van der Waals surface area contributed by atoms with E-state index in [0.717, 1.165) is 30.7 Å². The lowest BCUT2D eigenvalue weighted by Gasteiger charge is -2.19. The second-order valence-corrected chi connectivity index (χ2v) is 7.07. The predicted octanol–water partition coefficient (Wildman–Crippen LogP) is 5.03. The molecule has 0 radical (unpaired) electrons. The Bertz CT molecular complexity index is 409. The fourth-order valence-electron chi connectivity index (χ4n) is 2.56. The van der Waals surface area contributed by atoms with Gasteiger partial charge in [0.1, 0.15) is 16.1 Å². The zero-order valence-electron chi connectivity index (χ0n) is 11.3. The highest BCUT2D eigenvalue weighted by molar-refractivity contribution is 6.34. The molecule has 0 saturated heterocycles. The smallest absolute Gasteiger partial charge is 0.137 e. The molecule has 0 unspecified atom stereocenters. The Balaban J connectivity index is 2.29. The molecule has 1 aromatic heterocycles. The lowest BCUT2D eigenvalue weighted by atomic mass is 9.92. The summed E-state index contributed by atoms with van der Waals surface area (Å²) in [6.45, 7) is 6.47. The van der Waals surface area contributed by atoms with Crippen LogP contribution < -0.4 is 0 Å². The van der Waals surface area contributed by atoms with E-state index in [0.29, 0.717) is 16.2 Å². The maximum Gasteiger partial charge on any atom is 0.137 e. The fourth-order valence-corrected chi connectivity index (χ4v) is 3.29. The quantitative estimate of drug-likeness (QED) is 0.713. The molecule has 1 saturated carbocycles. The van der Waals surface area contributed by atoms with E-state index < -0.39 is 0 Å². The molecule has 0 N–H and O–H groups in total. The van der Waals surface area contributed by atoms with E-state index in [1.807, 2.05) is 0 Å². The van der Waals surface area contributed by atoms with Gasteiger partial charge in [-0.15, -0.1) is 0 Å². The van der Waals surface area contributed by atoms with Crippen LogP contribution in [0.4, 0.5) is 0 Å². The summed E-state index contributed by atoms with van der Waals surface area (Å²) in [4.78, 5) is 8.87. The first-order valence-electron chi connectivity index (χ1n) is 6.58. The number of halogens is 2. The minimum atomic E-state index is 0.140. The van der Waals surface area contributed by atoms with E-state index in [4.69, 9.17) is 23.2 Å². The maximum absolute atomic E-state index is 6.31. The largest absolute Gasteiger partial charge is 0.221 e. The lowest BCUT2D eigenvalue weighted by Crippen LogP contribution is -2.13. The number of rotatable bonds is 2. The van der Waals surface area contributed by atoms with Gasteiger partial charge in [-0.2, -0.15) is 0 Å². The van der Waals surface area contributed by atoms with E-state index in [1.54, 1.807) is 0 Å². The van der Waals surface area contributed by atoms with Gasteiger partial charge in [0.2, 0.25) is 0 Å². The number of hydrogen-bond donors (Lipinski definition) is 0. The molecule has 1 aromatic rings. The lowest BCUT2D eigenvalue weighted by molar-refractivity contribution is 0.400. The minimum absolute atomic E-state index is 0.140. The van der Waals surface area contributed by atoms with Gasteiger partial charge in [0.05, 0.1) is 0 Å². The van der Waals surface area contributed by atoms with Gasteiger partial charge in [-0.1, -0.05) is 56.8 Å². The fraction of sp³-hybridized carbons (Fsp3) is 0.714. The summed E-state index contributed by atoms with van der Waals surface area (Å²) in [6.07, 6.45) is 5.60. The van der Waals surface area contributed by atoms with Crippen LogP contribution in [0.5, 0.6) is 0 Å². The summed E-state index contributed by atoms with van der Waals surface area (Å²) in [5.41, 5.74) is 1.11. The van der Waals surface area contributed by atoms with Crippen molar-refractivity contribution in [2.24, 2.45) is 5.41 Å². The molecular weight excluding hydrogens is 267 g/mol. The molecule has 0 aliphatic heterocycles. The number of aromatic nitrogens is 2. The van der Waals surface area contributed by atoms with Crippen LogP contribution in [0.25, 0.3) is 0 Å². The summed E-state index contributed by atoms with van der Waals surface area (Å²) >= 11 is 12.6. The van der Waals surface area contributed by atoms with E-state index in [1.165, 1.54) is 12.8 Å². The van der Waals surface area contributed by atoms with Crippen LogP contribution in [-0.4, -0.2) is 9.97 Å². The minimum Gasteiger partial charge on any atom is -0.221 e. The van der Waals surface area contributed by atoms with Crippen LogP contribution in [0.15, 0.2) is 0 Å². The Kier molecular flexibility index (Phi) is 4.18. The Hall–Kier alpha value is -0.340. The number of hydrogen-bond acceptors (Lipinski definition) is 2. The van der Waals surface area contributed by atoms with Crippen molar-refractivity contribution >= 4 is 23.2 Å². The van der Waals surface area contributed by atoms with Gasteiger partial charge in [0.25, 0.3) is 0 Å². The van der Waals surface area contributed by atoms with Gasteiger partial charge < -0.3 is 0 Å². The first-order chi connectivity index (χ1) is 8.37. The van der Waals surface area contributed by atoms with Gasteiger partial charge in [-0.25, -0.2) is 9.97 Å². The molecule has 1 aliphatic rings. The summed E-state index contributed by atoms with van der Waals surface area (Å²) in [5, 5.41) is 1.11. The van der Waals surface area contributed by atoms with Crippen LogP contribution in [-0.2, 0) is 6.42 Å². The Morgan fingerprint density at radius 1 is 1.06 bits per heavy atom. The molecule has 0 aromatic carbocycles. The van der Waals surface area contributed by atoms with Crippen molar-refractivity contribution in [2.45, 2.75) is 58.8 Å². The normalized spacial score (nSPS) is 17.4. The van der Waals surface area contributed by atoms with Crippen LogP contribution in [0, 0.1) is 5.41 Å². The standard InChI is InChI=1S/C14H20Cl2N2/c1-14(2,3)8-10-17-12(15)11(13(16)18-10)9-6-4-5-7-9/h9H,4-8H2,1-3H3. The zero-order valence-corrected chi connectivity index (χ0v) is 12.8. The van der Waals surface area contributed by atoms with E-state index >= 15 is 0 Å². The molecule has 100 valence electrons. The van der Waals surface area contributed by atoms with Crippen molar-refractivity contribution in [1.82, 2.24) is 9.97 Å². The molecule has 1 fully saturated rings. The van der Waals surface area contributed by atoms with Crippen LogP contribution in [0.1, 0.15) is 63.8 Å². The molecule has 4 heteroatoms. The van der Waals surface area contributed by atoms with Gasteiger partial charge in [0, 0.05) is 12.0 Å². The predicted molar refractivity (Wildman–Crippen MR) is 76.4 cm³/mol. The zero-order chi connectivity index (χ0) is 13.3. The van der Waals surface area contributed by atoms with Crippen molar-refractivity contribution in [2.75, 3.05) is 0 Å². The first-order valence-corrected chi connectivity index (χ1v) is 7.34. The van der Waals surface area contributed by atoms with Crippen molar-refractivity contribution in [1.29, 1.82) is 0 Å². The average Bonchev–Trinajstić information content (AvgIpc) is 2.66. The van der Waals surface area contributed by atoms with E-state index in [2.05, 4.69) is 30.7 Å². The highest BCUT2D eigenvalue weighted by Crippen LogP contribution is 2.40. The third kappa shape index (κ3) is 3.36. The second kappa shape index (κ2) is 5.34. The summed E-state index contributed by atoms with van der Waals surface area (Å²) in [6, 6.07) is 0. The van der Waals surface area contributed by atoms with E-state index in [-0.39, 0.29) is 5.41 Å². The number of nitrogens with zero attached hydrogens (tertiary/aromatic N) is 2. The summed E-state index contributed by atoms with van der Waals surface area (Å²) in [7, 11) is 0. The van der Waals surface area contributed by atoms with Gasteiger partial charge in [-0.05, 0) is 24.2 Å². The Morgan fingerprint density at radius 3 is 2.00 bits per heavy atom. The molecular formula is C14H20Cl2N2. The van der Waals surface area contributed by atoms with Crippen LogP contribution >= 0.6 is 23.2 Å². The van der Waals surface area contributed by atoms with Crippen LogP contribution in [0.3, 0.4) is 0 Å². The summed E-state index contributed by atoms with van der Waals surface area (Å²) < 4.78 is 0. The molecule has 0 spiro atoms.